The molecule has 0 atom stereocenters. The van der Waals surface area contributed by atoms with Crippen LogP contribution in [0.5, 0.6) is 11.5 Å². The Balaban J connectivity index is 1.37. The smallest absolute Gasteiger partial charge is 0.165 e. The Morgan fingerprint density at radius 1 is 0.793 bits per heavy atom. The molecule has 29 heavy (non-hydrogen) atoms. The van der Waals surface area contributed by atoms with Gasteiger partial charge < -0.3 is 10.1 Å². The summed E-state index contributed by atoms with van der Waals surface area (Å²) in [5.74, 6) is 2.33. The number of hydrogen-bond donors (Lipinski definition) is 1. The molecular weight excluding hydrogens is 362 g/mol. The summed E-state index contributed by atoms with van der Waals surface area (Å²) in [5, 5.41) is 7.72. The number of fused-ring (bicyclic) bond motifs is 1. The zero-order chi connectivity index (χ0) is 19.5. The standard InChI is InChI=1S/C23H17N5O/c1-2-4-19(5-3-1)29-20-8-6-18(7-9-20)26-22-12-15-28-23(27-22)21(16-25-28)17-10-13-24-14-11-17/h1-16H,(H,26,27). The average molecular weight is 379 g/mol. The van der Waals surface area contributed by atoms with Crippen LogP contribution >= 0.6 is 0 Å². The molecule has 2 aromatic carbocycles. The quantitative estimate of drug-likeness (QED) is 0.447. The highest BCUT2D eigenvalue weighted by Crippen LogP contribution is 2.26. The molecule has 0 aliphatic heterocycles. The maximum Gasteiger partial charge on any atom is 0.165 e. The Morgan fingerprint density at radius 2 is 1.55 bits per heavy atom. The van der Waals surface area contributed by atoms with E-state index in [1.165, 1.54) is 0 Å². The summed E-state index contributed by atoms with van der Waals surface area (Å²) in [6, 6.07) is 23.3. The number of ether oxygens (including phenoxy) is 1. The third kappa shape index (κ3) is 3.64. The van der Waals surface area contributed by atoms with Gasteiger partial charge in [-0.3, -0.25) is 4.98 Å². The SMILES string of the molecule is c1ccc(Oc2ccc(Nc3ccn4ncc(-c5ccncc5)c4n3)cc2)cc1. The van der Waals surface area contributed by atoms with E-state index in [0.29, 0.717) is 0 Å². The average Bonchev–Trinajstić information content (AvgIpc) is 3.20. The molecule has 6 heteroatoms. The molecule has 0 amide bonds. The van der Waals surface area contributed by atoms with Gasteiger partial charge in [-0.05, 0) is 60.2 Å². The first-order chi connectivity index (χ1) is 14.3. The van der Waals surface area contributed by atoms with Crippen molar-refractivity contribution in [2.24, 2.45) is 0 Å². The highest BCUT2D eigenvalue weighted by molar-refractivity contribution is 5.77. The van der Waals surface area contributed by atoms with E-state index in [0.717, 1.165) is 39.8 Å². The van der Waals surface area contributed by atoms with E-state index in [-0.39, 0.29) is 0 Å². The molecule has 0 bridgehead atoms. The van der Waals surface area contributed by atoms with E-state index >= 15 is 0 Å². The van der Waals surface area contributed by atoms with Gasteiger partial charge in [-0.25, -0.2) is 9.50 Å². The molecule has 140 valence electrons. The van der Waals surface area contributed by atoms with Gasteiger partial charge in [0.05, 0.1) is 6.20 Å². The Bertz CT molecular complexity index is 1240. The number of pyridine rings is 1. The lowest BCUT2D eigenvalue weighted by Crippen LogP contribution is -1.97. The second-order valence-corrected chi connectivity index (χ2v) is 6.44. The fraction of sp³-hybridized carbons (Fsp3) is 0. The van der Waals surface area contributed by atoms with Crippen LogP contribution in [0, 0.1) is 0 Å². The van der Waals surface area contributed by atoms with Crippen molar-refractivity contribution in [2.45, 2.75) is 0 Å². The van der Waals surface area contributed by atoms with Crippen molar-refractivity contribution in [3.63, 3.8) is 0 Å². The fourth-order valence-electron chi connectivity index (χ4n) is 3.05. The Labute approximate surface area is 167 Å². The van der Waals surface area contributed by atoms with Gasteiger partial charge in [0, 0.05) is 29.8 Å². The van der Waals surface area contributed by atoms with Crippen molar-refractivity contribution in [3.05, 3.63) is 97.6 Å². The predicted molar refractivity (Wildman–Crippen MR) is 112 cm³/mol. The van der Waals surface area contributed by atoms with Gasteiger partial charge in [-0.2, -0.15) is 5.10 Å². The topological polar surface area (TPSA) is 64.3 Å². The highest BCUT2D eigenvalue weighted by atomic mass is 16.5. The minimum Gasteiger partial charge on any atom is -0.457 e. The Kier molecular flexibility index (Phi) is 4.35. The van der Waals surface area contributed by atoms with E-state index in [4.69, 9.17) is 9.72 Å². The first kappa shape index (κ1) is 16.9. The summed E-state index contributed by atoms with van der Waals surface area (Å²) in [7, 11) is 0. The van der Waals surface area contributed by atoms with E-state index in [9.17, 15) is 0 Å². The van der Waals surface area contributed by atoms with E-state index in [1.807, 2.05) is 85.2 Å². The van der Waals surface area contributed by atoms with Crippen molar-refractivity contribution >= 4 is 17.2 Å². The highest BCUT2D eigenvalue weighted by Gasteiger charge is 2.09. The summed E-state index contributed by atoms with van der Waals surface area (Å²) in [6.45, 7) is 0. The van der Waals surface area contributed by atoms with Crippen molar-refractivity contribution in [1.82, 2.24) is 19.6 Å². The Morgan fingerprint density at radius 3 is 2.34 bits per heavy atom. The predicted octanol–water partition coefficient (Wildman–Crippen LogP) is 5.33. The van der Waals surface area contributed by atoms with Crippen LogP contribution in [0.4, 0.5) is 11.5 Å². The molecule has 5 aromatic rings. The number of hydrogen-bond acceptors (Lipinski definition) is 5. The lowest BCUT2D eigenvalue weighted by molar-refractivity contribution is 0.483. The third-order valence-electron chi connectivity index (χ3n) is 4.47. The van der Waals surface area contributed by atoms with Crippen LogP contribution in [0.1, 0.15) is 0 Å². The van der Waals surface area contributed by atoms with Crippen LogP contribution in [-0.4, -0.2) is 19.6 Å². The maximum atomic E-state index is 5.84. The van der Waals surface area contributed by atoms with Crippen LogP contribution in [0.15, 0.2) is 97.6 Å². The van der Waals surface area contributed by atoms with E-state index < -0.39 is 0 Å². The molecule has 0 fully saturated rings. The minimum atomic E-state index is 0.741. The summed E-state index contributed by atoms with van der Waals surface area (Å²) >= 11 is 0. The zero-order valence-corrected chi connectivity index (χ0v) is 15.4. The second-order valence-electron chi connectivity index (χ2n) is 6.44. The molecule has 0 saturated heterocycles. The summed E-state index contributed by atoms with van der Waals surface area (Å²) in [4.78, 5) is 8.81. The summed E-state index contributed by atoms with van der Waals surface area (Å²) in [6.07, 6.45) is 7.24. The normalized spacial score (nSPS) is 10.8. The third-order valence-corrected chi connectivity index (χ3v) is 4.47. The lowest BCUT2D eigenvalue weighted by Gasteiger charge is -2.09. The molecular formula is C23H17N5O. The number of benzene rings is 2. The van der Waals surface area contributed by atoms with Gasteiger partial charge in [0.2, 0.25) is 0 Å². The molecule has 0 spiro atoms. The van der Waals surface area contributed by atoms with Crippen molar-refractivity contribution in [1.29, 1.82) is 0 Å². The molecule has 0 saturated carbocycles. The molecule has 3 heterocycles. The molecule has 0 radical (unpaired) electrons. The van der Waals surface area contributed by atoms with Gasteiger partial charge in [0.15, 0.2) is 5.65 Å². The number of nitrogens with one attached hydrogen (secondary N) is 1. The van der Waals surface area contributed by atoms with Crippen molar-refractivity contribution in [3.8, 4) is 22.6 Å². The van der Waals surface area contributed by atoms with Crippen LogP contribution in [-0.2, 0) is 0 Å². The summed E-state index contributed by atoms with van der Waals surface area (Å²) in [5.41, 5.74) is 3.70. The Hall–Kier alpha value is -4.19. The fourth-order valence-corrected chi connectivity index (χ4v) is 3.05. The molecule has 6 nitrogen and oxygen atoms in total. The molecule has 3 aromatic heterocycles. The van der Waals surface area contributed by atoms with Crippen LogP contribution in [0.2, 0.25) is 0 Å². The minimum absolute atomic E-state index is 0.741. The largest absolute Gasteiger partial charge is 0.457 e. The van der Waals surface area contributed by atoms with Crippen LogP contribution < -0.4 is 10.1 Å². The van der Waals surface area contributed by atoms with Gasteiger partial charge >= 0.3 is 0 Å². The molecule has 1 N–H and O–H groups in total. The maximum absolute atomic E-state index is 5.84. The van der Waals surface area contributed by atoms with Crippen molar-refractivity contribution in [2.75, 3.05) is 5.32 Å². The number of para-hydroxylation sites is 1. The van der Waals surface area contributed by atoms with Gasteiger partial charge in [0.25, 0.3) is 0 Å². The zero-order valence-electron chi connectivity index (χ0n) is 15.4. The first-order valence-corrected chi connectivity index (χ1v) is 9.20. The van der Waals surface area contributed by atoms with Gasteiger partial charge in [-0.15, -0.1) is 0 Å². The number of aromatic nitrogens is 4. The second kappa shape index (κ2) is 7.44. The van der Waals surface area contributed by atoms with Gasteiger partial charge in [0.1, 0.15) is 17.3 Å². The van der Waals surface area contributed by atoms with Crippen LogP contribution in [0.25, 0.3) is 16.8 Å². The monoisotopic (exact) mass is 379 g/mol. The first-order valence-electron chi connectivity index (χ1n) is 9.20. The molecule has 5 rings (SSSR count). The lowest BCUT2D eigenvalue weighted by atomic mass is 10.1. The number of rotatable bonds is 5. The van der Waals surface area contributed by atoms with Crippen LogP contribution in [0.3, 0.4) is 0 Å². The summed E-state index contributed by atoms with van der Waals surface area (Å²) < 4.78 is 7.60. The van der Waals surface area contributed by atoms with E-state index in [1.54, 1.807) is 16.9 Å². The number of anilines is 2. The number of nitrogens with zero attached hydrogens (tertiary/aromatic N) is 4. The molecule has 0 unspecified atom stereocenters. The van der Waals surface area contributed by atoms with Gasteiger partial charge in [-0.1, -0.05) is 18.2 Å². The van der Waals surface area contributed by atoms with E-state index in [2.05, 4.69) is 15.4 Å². The molecule has 0 aliphatic carbocycles. The van der Waals surface area contributed by atoms with Crippen molar-refractivity contribution < 1.29 is 4.74 Å². The molecule has 0 aliphatic rings.